The zero-order chi connectivity index (χ0) is 9.90. The minimum Gasteiger partial charge on any atom is -0.507 e. The van der Waals surface area contributed by atoms with Gasteiger partial charge in [0.1, 0.15) is 5.75 Å². The van der Waals surface area contributed by atoms with Crippen LogP contribution in [0.15, 0.2) is 29.2 Å². The van der Waals surface area contributed by atoms with E-state index >= 15 is 0 Å². The lowest BCUT2D eigenvalue weighted by molar-refractivity contribution is 0.107. The van der Waals surface area contributed by atoms with E-state index in [-0.39, 0.29) is 5.75 Å². The van der Waals surface area contributed by atoms with Crippen LogP contribution in [0.2, 0.25) is 0 Å². The smallest absolute Gasteiger partial charge is 0.129 e. The monoisotopic (exact) mass is 198 g/mol. The van der Waals surface area contributed by atoms with Crippen molar-refractivity contribution in [2.24, 2.45) is 0 Å². The number of aromatic hydroxyl groups is 1. The summed E-state index contributed by atoms with van der Waals surface area (Å²) < 4.78 is 0. The maximum Gasteiger partial charge on any atom is 0.129 e. The topological polar surface area (TPSA) is 40.5 Å². The van der Waals surface area contributed by atoms with Gasteiger partial charge in [-0.3, -0.25) is 0 Å². The van der Waals surface area contributed by atoms with Gasteiger partial charge in [-0.15, -0.1) is 11.8 Å². The van der Waals surface area contributed by atoms with Crippen LogP contribution in [0.25, 0.3) is 0 Å². The predicted octanol–water partition coefficient (Wildman–Crippen LogP) is 2.26. The highest BCUT2D eigenvalue weighted by Gasteiger charge is 2.13. The van der Waals surface area contributed by atoms with E-state index in [1.165, 1.54) is 11.8 Å². The van der Waals surface area contributed by atoms with E-state index in [9.17, 15) is 10.2 Å². The summed E-state index contributed by atoms with van der Waals surface area (Å²) in [6, 6.07) is 7.13. The van der Waals surface area contributed by atoms with Gasteiger partial charge in [-0.2, -0.15) is 0 Å². The van der Waals surface area contributed by atoms with Crippen LogP contribution in [-0.2, 0) is 0 Å². The van der Waals surface area contributed by atoms with E-state index in [0.717, 1.165) is 4.90 Å². The number of hydrogen-bond acceptors (Lipinski definition) is 3. The molecule has 2 N–H and O–H groups in total. The van der Waals surface area contributed by atoms with Gasteiger partial charge in [0.05, 0.1) is 5.60 Å². The molecule has 0 unspecified atom stereocenters. The van der Waals surface area contributed by atoms with Gasteiger partial charge in [0.15, 0.2) is 0 Å². The van der Waals surface area contributed by atoms with Crippen molar-refractivity contribution in [1.82, 2.24) is 0 Å². The van der Waals surface area contributed by atoms with Crippen LogP contribution in [0.4, 0.5) is 0 Å². The number of aliphatic hydroxyl groups is 1. The van der Waals surface area contributed by atoms with Crippen molar-refractivity contribution in [1.29, 1.82) is 0 Å². The molecule has 0 atom stereocenters. The number of benzene rings is 1. The first-order valence-electron chi connectivity index (χ1n) is 4.12. The largest absolute Gasteiger partial charge is 0.507 e. The third kappa shape index (κ3) is 3.70. The highest BCUT2D eigenvalue weighted by atomic mass is 32.2. The number of rotatable bonds is 3. The maximum atomic E-state index is 9.47. The van der Waals surface area contributed by atoms with Crippen LogP contribution in [0.3, 0.4) is 0 Å². The standard InChI is InChI=1S/C10H14O2S/c1-10(2,12)7-13-9-6-4-3-5-8(9)11/h3-6,11-12H,7H2,1-2H3. The lowest BCUT2D eigenvalue weighted by atomic mass is 10.2. The number of hydrogen-bond donors (Lipinski definition) is 2. The Morgan fingerprint density at radius 3 is 2.46 bits per heavy atom. The Morgan fingerprint density at radius 2 is 1.92 bits per heavy atom. The molecule has 0 spiro atoms. The molecule has 0 saturated heterocycles. The minimum absolute atomic E-state index is 0.275. The van der Waals surface area contributed by atoms with Gasteiger partial charge >= 0.3 is 0 Å². The molecule has 0 heterocycles. The first kappa shape index (κ1) is 10.4. The highest BCUT2D eigenvalue weighted by Crippen LogP contribution is 2.29. The molecule has 0 aliphatic heterocycles. The van der Waals surface area contributed by atoms with Crippen LogP contribution in [-0.4, -0.2) is 21.6 Å². The summed E-state index contributed by atoms with van der Waals surface area (Å²) in [6.45, 7) is 3.50. The molecule has 0 saturated carbocycles. The molecule has 0 amide bonds. The van der Waals surface area contributed by atoms with Gasteiger partial charge in [-0.05, 0) is 26.0 Å². The second-order valence-corrected chi connectivity index (χ2v) is 4.59. The van der Waals surface area contributed by atoms with Gasteiger partial charge in [0.25, 0.3) is 0 Å². The van der Waals surface area contributed by atoms with Crippen molar-refractivity contribution < 1.29 is 10.2 Å². The van der Waals surface area contributed by atoms with E-state index in [4.69, 9.17) is 0 Å². The van der Waals surface area contributed by atoms with Crippen LogP contribution < -0.4 is 0 Å². The first-order valence-corrected chi connectivity index (χ1v) is 5.11. The van der Waals surface area contributed by atoms with E-state index in [1.807, 2.05) is 12.1 Å². The van der Waals surface area contributed by atoms with E-state index < -0.39 is 5.60 Å². The van der Waals surface area contributed by atoms with Gasteiger partial charge < -0.3 is 10.2 Å². The summed E-state index contributed by atoms with van der Waals surface area (Å²) in [6.07, 6.45) is 0. The zero-order valence-electron chi connectivity index (χ0n) is 7.82. The fraction of sp³-hybridized carbons (Fsp3) is 0.400. The summed E-state index contributed by atoms with van der Waals surface area (Å²) >= 11 is 1.45. The average Bonchev–Trinajstić information content (AvgIpc) is 2.01. The molecule has 13 heavy (non-hydrogen) atoms. The lowest BCUT2D eigenvalue weighted by Gasteiger charge is -2.16. The first-order chi connectivity index (χ1) is 5.99. The second kappa shape index (κ2) is 4.03. The summed E-state index contributed by atoms with van der Waals surface area (Å²) in [4.78, 5) is 0.810. The van der Waals surface area contributed by atoms with Crippen LogP contribution in [0.1, 0.15) is 13.8 Å². The Morgan fingerprint density at radius 1 is 1.31 bits per heavy atom. The van der Waals surface area contributed by atoms with Crippen molar-refractivity contribution >= 4 is 11.8 Å². The molecule has 0 aliphatic carbocycles. The molecular weight excluding hydrogens is 184 g/mol. The molecule has 1 aromatic rings. The molecule has 3 heteroatoms. The van der Waals surface area contributed by atoms with Crippen LogP contribution in [0.5, 0.6) is 5.75 Å². The molecule has 1 aromatic carbocycles. The SMILES string of the molecule is CC(C)(O)CSc1ccccc1O. The molecule has 0 fully saturated rings. The quantitative estimate of drug-likeness (QED) is 0.732. The molecule has 2 nitrogen and oxygen atoms in total. The Hall–Kier alpha value is -0.670. The normalized spacial score (nSPS) is 11.6. The summed E-state index contributed by atoms with van der Waals surface area (Å²) in [5.74, 6) is 0.849. The highest BCUT2D eigenvalue weighted by molar-refractivity contribution is 7.99. The summed E-state index contributed by atoms with van der Waals surface area (Å²) in [5, 5.41) is 18.9. The van der Waals surface area contributed by atoms with Crippen molar-refractivity contribution in [2.75, 3.05) is 5.75 Å². The number of para-hydroxylation sites is 1. The average molecular weight is 198 g/mol. The Kier molecular flexibility index (Phi) is 3.22. The number of phenols is 1. The fourth-order valence-electron chi connectivity index (χ4n) is 0.834. The van der Waals surface area contributed by atoms with Crippen molar-refractivity contribution in [3.8, 4) is 5.75 Å². The van der Waals surface area contributed by atoms with Crippen LogP contribution >= 0.6 is 11.8 Å². The fourth-order valence-corrected chi connectivity index (χ4v) is 1.73. The van der Waals surface area contributed by atoms with Gasteiger partial charge in [0.2, 0.25) is 0 Å². The lowest BCUT2D eigenvalue weighted by Crippen LogP contribution is -2.21. The van der Waals surface area contributed by atoms with Gasteiger partial charge in [0, 0.05) is 10.6 Å². The third-order valence-corrected chi connectivity index (χ3v) is 2.95. The molecular formula is C10H14O2S. The molecule has 0 aliphatic rings. The van der Waals surface area contributed by atoms with E-state index in [1.54, 1.807) is 26.0 Å². The Bertz CT molecular complexity index is 278. The third-order valence-electron chi connectivity index (χ3n) is 1.45. The van der Waals surface area contributed by atoms with Gasteiger partial charge in [-0.25, -0.2) is 0 Å². The van der Waals surface area contributed by atoms with Gasteiger partial charge in [-0.1, -0.05) is 12.1 Å². The van der Waals surface area contributed by atoms with E-state index in [0.29, 0.717) is 5.75 Å². The molecule has 0 bridgehead atoms. The minimum atomic E-state index is -0.701. The molecule has 1 rings (SSSR count). The number of phenolic OH excluding ortho intramolecular Hbond substituents is 1. The number of thioether (sulfide) groups is 1. The molecule has 72 valence electrons. The molecule has 0 aromatic heterocycles. The van der Waals surface area contributed by atoms with E-state index in [2.05, 4.69) is 0 Å². The van der Waals surface area contributed by atoms with Crippen molar-refractivity contribution in [3.05, 3.63) is 24.3 Å². The maximum absolute atomic E-state index is 9.47. The second-order valence-electron chi connectivity index (χ2n) is 3.57. The zero-order valence-corrected chi connectivity index (χ0v) is 8.64. The predicted molar refractivity (Wildman–Crippen MR) is 55.1 cm³/mol. The van der Waals surface area contributed by atoms with Crippen molar-refractivity contribution in [3.63, 3.8) is 0 Å². The summed E-state index contributed by atoms with van der Waals surface area (Å²) in [7, 11) is 0. The molecule has 0 radical (unpaired) electrons. The Labute approximate surface area is 82.6 Å². The van der Waals surface area contributed by atoms with Crippen LogP contribution in [0, 0.1) is 0 Å². The Balaban J connectivity index is 2.60. The summed E-state index contributed by atoms with van der Waals surface area (Å²) in [5.41, 5.74) is -0.701. The van der Waals surface area contributed by atoms with Crippen molar-refractivity contribution in [2.45, 2.75) is 24.3 Å².